The summed E-state index contributed by atoms with van der Waals surface area (Å²) < 4.78 is 5.31. The molecule has 1 aliphatic heterocycles. The standard InChI is InChI=1S/C12H21NO.C10H15N.C2H6/c1-14-12-6-4-10(5-7-12)9-11-3-2-8-13-11;1-9(11)7-8-10-5-3-2-4-6-10;1-2/h4,6,10-13H,2-3,5,7-9H2,1H3;2-6,9H,7-8,11H2,1H3;1-2H3. The van der Waals surface area contributed by atoms with Crippen LogP contribution in [0.25, 0.3) is 0 Å². The molecular weight excluding hydrogens is 332 g/mol. The normalized spacial score (nSPS) is 25.0. The van der Waals surface area contributed by atoms with Crippen molar-refractivity contribution in [2.75, 3.05) is 13.7 Å². The molecule has 2 aliphatic rings. The lowest BCUT2D eigenvalue weighted by Gasteiger charge is -2.24. The first-order chi connectivity index (χ1) is 13.2. The van der Waals surface area contributed by atoms with Gasteiger partial charge in [0.25, 0.3) is 0 Å². The minimum atomic E-state index is 0.315. The van der Waals surface area contributed by atoms with Crippen LogP contribution in [0.1, 0.15) is 64.9 Å². The van der Waals surface area contributed by atoms with Crippen LogP contribution >= 0.6 is 0 Å². The third-order valence-corrected chi connectivity index (χ3v) is 5.20. The highest BCUT2D eigenvalue weighted by atomic mass is 16.5. The minimum Gasteiger partial charge on any atom is -0.377 e. The summed E-state index contributed by atoms with van der Waals surface area (Å²) in [4.78, 5) is 0. The van der Waals surface area contributed by atoms with Crippen molar-refractivity contribution in [3.8, 4) is 0 Å². The molecule has 0 radical (unpaired) electrons. The van der Waals surface area contributed by atoms with Crippen molar-refractivity contribution in [3.05, 3.63) is 48.0 Å². The molecule has 0 spiro atoms. The molecular formula is C24H42N2O. The fourth-order valence-electron chi connectivity index (χ4n) is 3.61. The lowest BCUT2D eigenvalue weighted by atomic mass is 9.88. The van der Waals surface area contributed by atoms with Crippen LogP contribution in [0.5, 0.6) is 0 Å². The maximum atomic E-state index is 5.64. The molecule has 0 saturated carbocycles. The Bertz CT molecular complexity index is 480. The first-order valence-corrected chi connectivity index (χ1v) is 10.9. The Hall–Kier alpha value is -1.16. The maximum absolute atomic E-state index is 5.64. The van der Waals surface area contributed by atoms with Gasteiger partial charge in [0, 0.05) is 19.2 Å². The second kappa shape index (κ2) is 14.8. The van der Waals surface area contributed by atoms with Gasteiger partial charge in [0.15, 0.2) is 0 Å². The van der Waals surface area contributed by atoms with Crippen molar-refractivity contribution in [2.45, 2.75) is 83.9 Å². The van der Waals surface area contributed by atoms with Crippen molar-refractivity contribution in [1.29, 1.82) is 0 Å². The van der Waals surface area contributed by atoms with Crippen LogP contribution in [0.15, 0.2) is 42.5 Å². The van der Waals surface area contributed by atoms with Crippen molar-refractivity contribution >= 4 is 0 Å². The number of benzene rings is 1. The summed E-state index contributed by atoms with van der Waals surface area (Å²) in [5.74, 6) is 0.789. The quantitative estimate of drug-likeness (QED) is 0.681. The molecule has 1 fully saturated rings. The molecule has 0 bridgehead atoms. The fourth-order valence-corrected chi connectivity index (χ4v) is 3.61. The van der Waals surface area contributed by atoms with Gasteiger partial charge in [0.1, 0.15) is 0 Å². The minimum absolute atomic E-state index is 0.315. The maximum Gasteiger partial charge on any atom is 0.0752 e. The Morgan fingerprint density at radius 1 is 1.11 bits per heavy atom. The van der Waals surface area contributed by atoms with Crippen LogP contribution < -0.4 is 11.1 Å². The number of hydrogen-bond acceptors (Lipinski definition) is 3. The number of nitrogens with one attached hydrogen (secondary N) is 1. The average molecular weight is 375 g/mol. The van der Waals surface area contributed by atoms with Crippen molar-refractivity contribution in [2.24, 2.45) is 11.7 Å². The van der Waals surface area contributed by atoms with Gasteiger partial charge in [-0.1, -0.05) is 56.3 Å². The molecule has 0 aromatic heterocycles. The molecule has 0 amide bonds. The number of aryl methyl sites for hydroxylation is 1. The van der Waals surface area contributed by atoms with Gasteiger partial charge < -0.3 is 15.8 Å². The van der Waals surface area contributed by atoms with E-state index in [-0.39, 0.29) is 0 Å². The molecule has 1 aliphatic carbocycles. The van der Waals surface area contributed by atoms with Gasteiger partial charge in [0.05, 0.1) is 6.10 Å². The number of allylic oxidation sites excluding steroid dienone is 1. The van der Waals surface area contributed by atoms with E-state index in [1.54, 1.807) is 7.11 Å². The van der Waals surface area contributed by atoms with E-state index in [0.717, 1.165) is 24.8 Å². The van der Waals surface area contributed by atoms with Crippen LogP contribution in [0.4, 0.5) is 0 Å². The van der Waals surface area contributed by atoms with Crippen LogP contribution in [0, 0.1) is 5.92 Å². The Morgan fingerprint density at radius 2 is 1.85 bits per heavy atom. The number of methoxy groups -OCH3 is 1. The number of rotatable bonds is 6. The highest BCUT2D eigenvalue weighted by Gasteiger charge is 2.21. The summed E-state index contributed by atoms with van der Waals surface area (Å²) in [6.07, 6.45) is 13.7. The molecule has 4 unspecified atom stereocenters. The van der Waals surface area contributed by atoms with Gasteiger partial charge >= 0.3 is 0 Å². The molecule has 1 aromatic carbocycles. The fraction of sp³-hybridized carbons (Fsp3) is 0.667. The van der Waals surface area contributed by atoms with E-state index in [1.165, 1.54) is 44.2 Å². The van der Waals surface area contributed by atoms with Gasteiger partial charge in [-0.2, -0.15) is 0 Å². The SMILES string of the molecule is CC.CC(N)CCc1ccccc1.COC1C=CC(CC2CCCN2)CC1. The third kappa shape index (κ3) is 10.7. The van der Waals surface area contributed by atoms with Crippen LogP contribution in [-0.2, 0) is 11.2 Å². The highest BCUT2D eigenvalue weighted by Crippen LogP contribution is 2.25. The van der Waals surface area contributed by atoms with Gasteiger partial charge in [-0.15, -0.1) is 0 Å². The Kier molecular flexibility index (Phi) is 13.1. The van der Waals surface area contributed by atoms with Crippen LogP contribution in [0.3, 0.4) is 0 Å². The molecule has 1 aromatic rings. The van der Waals surface area contributed by atoms with E-state index in [4.69, 9.17) is 10.5 Å². The monoisotopic (exact) mass is 374 g/mol. The molecule has 1 saturated heterocycles. The van der Waals surface area contributed by atoms with E-state index < -0.39 is 0 Å². The molecule has 1 heterocycles. The topological polar surface area (TPSA) is 47.3 Å². The van der Waals surface area contributed by atoms with Crippen molar-refractivity contribution in [3.63, 3.8) is 0 Å². The zero-order valence-electron chi connectivity index (χ0n) is 18.0. The Balaban J connectivity index is 0.000000254. The van der Waals surface area contributed by atoms with E-state index in [0.29, 0.717) is 12.1 Å². The van der Waals surface area contributed by atoms with Gasteiger partial charge in [-0.3, -0.25) is 0 Å². The zero-order valence-corrected chi connectivity index (χ0v) is 18.0. The first-order valence-electron chi connectivity index (χ1n) is 10.9. The average Bonchev–Trinajstić information content (AvgIpc) is 3.23. The van der Waals surface area contributed by atoms with Crippen molar-refractivity contribution in [1.82, 2.24) is 5.32 Å². The predicted octanol–water partition coefficient (Wildman–Crippen LogP) is 5.10. The first kappa shape index (κ1) is 23.9. The second-order valence-corrected chi connectivity index (χ2v) is 7.53. The van der Waals surface area contributed by atoms with E-state index in [2.05, 4.69) is 41.7 Å². The largest absolute Gasteiger partial charge is 0.377 e. The van der Waals surface area contributed by atoms with Crippen LogP contribution in [-0.4, -0.2) is 31.8 Å². The molecule has 3 rings (SSSR count). The van der Waals surface area contributed by atoms with Gasteiger partial charge in [-0.05, 0) is 69.9 Å². The summed E-state index contributed by atoms with van der Waals surface area (Å²) >= 11 is 0. The summed E-state index contributed by atoms with van der Waals surface area (Å²) in [5, 5.41) is 3.56. The van der Waals surface area contributed by atoms with E-state index in [1.807, 2.05) is 26.8 Å². The number of ether oxygens (including phenoxy) is 1. The zero-order chi connectivity index (χ0) is 19.9. The molecule has 3 N–H and O–H groups in total. The molecule has 154 valence electrons. The smallest absolute Gasteiger partial charge is 0.0752 e. The molecule has 27 heavy (non-hydrogen) atoms. The predicted molar refractivity (Wildman–Crippen MR) is 118 cm³/mol. The summed E-state index contributed by atoms with van der Waals surface area (Å²) in [6.45, 7) is 7.27. The Labute approximate surface area is 167 Å². The number of hydrogen-bond donors (Lipinski definition) is 2. The van der Waals surface area contributed by atoms with Crippen LogP contribution in [0.2, 0.25) is 0 Å². The summed E-state index contributed by atoms with van der Waals surface area (Å²) in [7, 11) is 1.80. The molecule has 3 nitrogen and oxygen atoms in total. The molecule has 3 heteroatoms. The second-order valence-electron chi connectivity index (χ2n) is 7.53. The van der Waals surface area contributed by atoms with Gasteiger partial charge in [-0.25, -0.2) is 0 Å². The summed E-state index contributed by atoms with van der Waals surface area (Å²) in [6, 6.07) is 11.5. The van der Waals surface area contributed by atoms with Crippen molar-refractivity contribution < 1.29 is 4.74 Å². The highest BCUT2D eigenvalue weighted by molar-refractivity contribution is 5.14. The lowest BCUT2D eigenvalue weighted by Crippen LogP contribution is -2.25. The van der Waals surface area contributed by atoms with Gasteiger partial charge in [0.2, 0.25) is 0 Å². The summed E-state index contributed by atoms with van der Waals surface area (Å²) in [5.41, 5.74) is 7.02. The molecule has 4 atom stereocenters. The lowest BCUT2D eigenvalue weighted by molar-refractivity contribution is 0.121. The Morgan fingerprint density at radius 3 is 2.37 bits per heavy atom. The third-order valence-electron chi connectivity index (χ3n) is 5.20. The number of nitrogens with two attached hydrogens (primary N) is 1. The van der Waals surface area contributed by atoms with E-state index in [9.17, 15) is 0 Å². The van der Waals surface area contributed by atoms with E-state index >= 15 is 0 Å².